The number of rotatable bonds is 1. The van der Waals surface area contributed by atoms with E-state index in [0.29, 0.717) is 13.0 Å². The molecule has 0 spiro atoms. The van der Waals surface area contributed by atoms with Crippen LogP contribution in [0.1, 0.15) is 22.6 Å². The van der Waals surface area contributed by atoms with Gasteiger partial charge in [-0.2, -0.15) is 0 Å². The van der Waals surface area contributed by atoms with E-state index in [1.165, 1.54) is 0 Å². The molecule has 0 aromatic heterocycles. The van der Waals surface area contributed by atoms with Crippen molar-refractivity contribution in [2.75, 3.05) is 13.1 Å². The Hall–Kier alpha value is -1.13. The van der Waals surface area contributed by atoms with Crippen molar-refractivity contribution >= 4 is 35.6 Å². The van der Waals surface area contributed by atoms with Crippen molar-refractivity contribution in [3.63, 3.8) is 0 Å². The summed E-state index contributed by atoms with van der Waals surface area (Å²) < 4.78 is 0. The average molecular weight is 361 g/mol. The summed E-state index contributed by atoms with van der Waals surface area (Å²) in [6.45, 7) is 1.45. The van der Waals surface area contributed by atoms with Gasteiger partial charge in [0.2, 0.25) is 0 Å². The molecular weight excluding hydrogens is 345 g/mol. The van der Waals surface area contributed by atoms with Crippen LogP contribution >= 0.6 is 35.6 Å². The topological polar surface area (TPSA) is 52.5 Å². The molecule has 1 unspecified atom stereocenters. The summed E-state index contributed by atoms with van der Waals surface area (Å²) >= 11 is 12.5. The predicted molar refractivity (Wildman–Crippen MR) is 91.9 cm³/mol. The maximum atomic E-state index is 10.0. The lowest BCUT2D eigenvalue weighted by Crippen LogP contribution is -2.21. The van der Waals surface area contributed by atoms with E-state index in [-0.39, 0.29) is 39.9 Å². The van der Waals surface area contributed by atoms with Gasteiger partial charge in [-0.15, -0.1) is 12.4 Å². The first-order chi connectivity index (χ1) is 10.1. The molecule has 0 saturated carbocycles. The molecule has 3 rings (SSSR count). The second kappa shape index (κ2) is 6.97. The Morgan fingerprint density at radius 3 is 2.32 bits per heavy atom. The molecule has 0 saturated heterocycles. The number of benzene rings is 2. The summed E-state index contributed by atoms with van der Waals surface area (Å²) in [5, 5.41) is 23.6. The van der Waals surface area contributed by atoms with Crippen molar-refractivity contribution in [3.05, 3.63) is 57.1 Å². The second-order valence-corrected chi connectivity index (χ2v) is 5.89. The zero-order valence-electron chi connectivity index (χ0n) is 11.6. The highest BCUT2D eigenvalue weighted by Crippen LogP contribution is 2.48. The molecule has 22 heavy (non-hydrogen) atoms. The Morgan fingerprint density at radius 1 is 1.00 bits per heavy atom. The summed E-state index contributed by atoms with van der Waals surface area (Å²) in [6.07, 6.45) is 0.658. The van der Waals surface area contributed by atoms with Crippen molar-refractivity contribution < 1.29 is 10.2 Å². The molecular formula is C16H16Cl3NO2. The van der Waals surface area contributed by atoms with Crippen LogP contribution in [0, 0.1) is 0 Å². The molecule has 0 fully saturated rings. The van der Waals surface area contributed by atoms with Gasteiger partial charge >= 0.3 is 0 Å². The molecule has 118 valence electrons. The molecule has 1 aliphatic rings. The zero-order chi connectivity index (χ0) is 15.0. The van der Waals surface area contributed by atoms with Crippen LogP contribution in [0.3, 0.4) is 0 Å². The van der Waals surface area contributed by atoms with Gasteiger partial charge in [0.15, 0.2) is 11.5 Å². The molecule has 1 heterocycles. The highest BCUT2D eigenvalue weighted by molar-refractivity contribution is 6.37. The third-order valence-corrected chi connectivity index (χ3v) is 4.71. The number of nitrogens with one attached hydrogen (secondary N) is 1. The van der Waals surface area contributed by atoms with E-state index in [1.54, 1.807) is 0 Å². The highest BCUT2D eigenvalue weighted by atomic mass is 35.5. The van der Waals surface area contributed by atoms with Crippen LogP contribution in [-0.2, 0) is 6.42 Å². The van der Waals surface area contributed by atoms with Crippen LogP contribution < -0.4 is 5.32 Å². The number of fused-ring (bicyclic) bond motifs is 1. The summed E-state index contributed by atoms with van der Waals surface area (Å²) in [5.41, 5.74) is 2.69. The van der Waals surface area contributed by atoms with Gasteiger partial charge in [0.05, 0.1) is 10.0 Å². The second-order valence-electron chi connectivity index (χ2n) is 5.13. The summed E-state index contributed by atoms with van der Waals surface area (Å²) in [7, 11) is 0. The fourth-order valence-electron chi connectivity index (χ4n) is 2.87. The fraction of sp³-hybridized carbons (Fsp3) is 0.250. The van der Waals surface area contributed by atoms with Crippen molar-refractivity contribution in [2.45, 2.75) is 12.3 Å². The predicted octanol–water partition coefficient (Wildman–Crippen LogP) is 4.10. The van der Waals surface area contributed by atoms with E-state index in [9.17, 15) is 10.2 Å². The van der Waals surface area contributed by atoms with E-state index in [0.717, 1.165) is 23.2 Å². The maximum absolute atomic E-state index is 10.0. The number of phenolic OH excluding ortho intramolecular Hbond substituents is 2. The summed E-state index contributed by atoms with van der Waals surface area (Å²) in [4.78, 5) is 0. The van der Waals surface area contributed by atoms with Crippen LogP contribution in [0.25, 0.3) is 0 Å². The lowest BCUT2D eigenvalue weighted by atomic mass is 9.87. The standard InChI is InChI=1S/C16H15Cl2NO2.ClH/c17-13-10-6-7-19-8-11(9-4-2-1-3-5-9)12(10)14(18)16(21)15(13)20;/h1-5,11,19-21H,6-8H2;1H. The Balaban J connectivity index is 0.00000176. The molecule has 1 atom stereocenters. The van der Waals surface area contributed by atoms with Gasteiger partial charge in [-0.25, -0.2) is 0 Å². The third kappa shape index (κ3) is 2.86. The van der Waals surface area contributed by atoms with Crippen LogP contribution in [-0.4, -0.2) is 23.3 Å². The third-order valence-electron chi connectivity index (χ3n) is 3.92. The smallest absolute Gasteiger partial charge is 0.178 e. The molecule has 2 aromatic carbocycles. The van der Waals surface area contributed by atoms with Crippen LogP contribution in [0.5, 0.6) is 11.5 Å². The Labute approximate surface area is 145 Å². The van der Waals surface area contributed by atoms with E-state index in [1.807, 2.05) is 30.3 Å². The fourth-order valence-corrected chi connectivity index (χ4v) is 3.49. The van der Waals surface area contributed by atoms with Gasteiger partial charge in [0, 0.05) is 12.5 Å². The molecule has 0 aliphatic carbocycles. The molecule has 3 N–H and O–H groups in total. The summed E-state index contributed by atoms with van der Waals surface area (Å²) in [6, 6.07) is 9.94. The van der Waals surface area contributed by atoms with Crippen LogP contribution in [0.4, 0.5) is 0 Å². The molecule has 3 nitrogen and oxygen atoms in total. The van der Waals surface area contributed by atoms with Crippen molar-refractivity contribution in [2.24, 2.45) is 0 Å². The molecule has 2 aromatic rings. The van der Waals surface area contributed by atoms with Gasteiger partial charge in [-0.05, 0) is 29.7 Å². The van der Waals surface area contributed by atoms with E-state index < -0.39 is 0 Å². The van der Waals surface area contributed by atoms with Gasteiger partial charge < -0.3 is 15.5 Å². The minimum absolute atomic E-state index is 0. The molecule has 0 radical (unpaired) electrons. The van der Waals surface area contributed by atoms with Gasteiger partial charge in [-0.1, -0.05) is 53.5 Å². The van der Waals surface area contributed by atoms with Crippen molar-refractivity contribution in [1.29, 1.82) is 0 Å². The van der Waals surface area contributed by atoms with Crippen molar-refractivity contribution in [1.82, 2.24) is 5.32 Å². The Morgan fingerprint density at radius 2 is 1.64 bits per heavy atom. The minimum atomic E-state index is -0.344. The number of hydrogen-bond donors (Lipinski definition) is 3. The average Bonchev–Trinajstić information content (AvgIpc) is 2.74. The highest BCUT2D eigenvalue weighted by Gasteiger charge is 2.29. The Bertz CT molecular complexity index is 677. The lowest BCUT2D eigenvalue weighted by molar-refractivity contribution is 0.403. The number of hydrogen-bond acceptors (Lipinski definition) is 3. The number of halogens is 3. The normalized spacial score (nSPS) is 17.3. The van der Waals surface area contributed by atoms with Gasteiger partial charge in [-0.3, -0.25) is 0 Å². The molecule has 0 amide bonds. The van der Waals surface area contributed by atoms with Crippen molar-refractivity contribution in [3.8, 4) is 11.5 Å². The molecule has 1 aliphatic heterocycles. The minimum Gasteiger partial charge on any atom is -0.503 e. The van der Waals surface area contributed by atoms with Crippen LogP contribution in [0.15, 0.2) is 30.3 Å². The number of aromatic hydroxyl groups is 2. The van der Waals surface area contributed by atoms with E-state index in [2.05, 4.69) is 5.32 Å². The van der Waals surface area contributed by atoms with Gasteiger partial charge in [0.1, 0.15) is 0 Å². The van der Waals surface area contributed by atoms with E-state index >= 15 is 0 Å². The Kier molecular flexibility index (Phi) is 5.45. The lowest BCUT2D eigenvalue weighted by Gasteiger charge is -2.21. The largest absolute Gasteiger partial charge is 0.503 e. The SMILES string of the molecule is Cl.Oc1c(O)c(Cl)c2c(c1Cl)CCNCC2c1ccccc1. The molecule has 0 bridgehead atoms. The van der Waals surface area contributed by atoms with Gasteiger partial charge in [0.25, 0.3) is 0 Å². The first-order valence-corrected chi connectivity index (χ1v) is 7.54. The van der Waals surface area contributed by atoms with E-state index in [4.69, 9.17) is 23.2 Å². The monoisotopic (exact) mass is 359 g/mol. The quantitative estimate of drug-likeness (QED) is 0.671. The first-order valence-electron chi connectivity index (χ1n) is 6.78. The first kappa shape index (κ1) is 17.2. The molecule has 6 heteroatoms. The number of phenols is 2. The maximum Gasteiger partial charge on any atom is 0.178 e. The zero-order valence-corrected chi connectivity index (χ0v) is 14.0. The van der Waals surface area contributed by atoms with Crippen LogP contribution in [0.2, 0.25) is 10.0 Å². The summed E-state index contributed by atoms with van der Waals surface area (Å²) in [5.74, 6) is -0.697.